The van der Waals surface area contributed by atoms with E-state index in [0.717, 1.165) is 4.57 Å². The van der Waals surface area contributed by atoms with E-state index in [-0.39, 0.29) is 43.4 Å². The zero-order valence-electron chi connectivity index (χ0n) is 19.1. The van der Waals surface area contributed by atoms with Gasteiger partial charge in [-0.05, 0) is 17.9 Å². The molecule has 1 aliphatic heterocycles. The lowest BCUT2D eigenvalue weighted by Crippen LogP contribution is -2.29. The van der Waals surface area contributed by atoms with Crippen molar-refractivity contribution in [3.05, 3.63) is 22.7 Å². The van der Waals surface area contributed by atoms with Gasteiger partial charge in [-0.1, -0.05) is 27.7 Å². The number of rotatable bonds is 12. The van der Waals surface area contributed by atoms with Crippen molar-refractivity contribution in [3.63, 3.8) is 0 Å². The van der Waals surface area contributed by atoms with E-state index in [1.807, 2.05) is 0 Å². The van der Waals surface area contributed by atoms with Crippen LogP contribution in [0.1, 0.15) is 40.3 Å². The molecule has 1 aromatic rings. The Kier molecular flexibility index (Phi) is 11.3. The molecule has 5 atom stereocenters. The predicted octanol–water partition coefficient (Wildman–Crippen LogP) is 2.22. The van der Waals surface area contributed by atoms with E-state index in [9.17, 15) is 23.7 Å². The van der Waals surface area contributed by atoms with E-state index in [2.05, 4.69) is 4.98 Å². The Balaban J connectivity index is 0.00000544. The number of phosphoric acid groups is 2. The van der Waals surface area contributed by atoms with E-state index in [1.54, 1.807) is 27.7 Å². The first kappa shape index (κ1) is 29.9. The second kappa shape index (κ2) is 12.5. The van der Waals surface area contributed by atoms with E-state index in [1.165, 1.54) is 12.3 Å². The highest BCUT2D eigenvalue weighted by Gasteiger charge is 2.43. The van der Waals surface area contributed by atoms with Gasteiger partial charge in [-0.3, -0.25) is 22.7 Å². The third kappa shape index (κ3) is 9.91. The van der Waals surface area contributed by atoms with Crippen molar-refractivity contribution in [1.29, 1.82) is 0 Å². The highest BCUT2D eigenvalue weighted by atomic mass is 31.2. The number of nitrogens with zero attached hydrogens (tertiary/aromatic N) is 2. The van der Waals surface area contributed by atoms with Crippen LogP contribution in [-0.4, -0.2) is 51.4 Å². The molecule has 0 aliphatic carbocycles. The molecule has 0 amide bonds. The Morgan fingerprint density at radius 1 is 1.15 bits per heavy atom. The van der Waals surface area contributed by atoms with Crippen molar-refractivity contribution in [2.75, 3.05) is 25.6 Å². The lowest BCUT2D eigenvalue weighted by Gasteiger charge is -2.22. The number of hydrogen-bond acceptors (Lipinski definition) is 11. The van der Waals surface area contributed by atoms with Crippen LogP contribution in [-0.2, 0) is 32.0 Å². The second-order valence-corrected chi connectivity index (χ2v) is 11.0. The first-order valence-corrected chi connectivity index (χ1v) is 13.0. The summed E-state index contributed by atoms with van der Waals surface area (Å²) in [6, 6.07) is 1.38. The van der Waals surface area contributed by atoms with Crippen LogP contribution in [0.5, 0.6) is 0 Å². The van der Waals surface area contributed by atoms with Crippen LogP contribution in [0.15, 0.2) is 17.1 Å². The summed E-state index contributed by atoms with van der Waals surface area (Å²) in [7, 11) is -8.89. The molecule has 1 saturated heterocycles. The molecule has 0 radical (unpaired) electrons. The largest absolute Gasteiger partial charge is 0.472 e. The highest BCUT2D eigenvalue weighted by Crippen LogP contribution is 2.50. The molecule has 0 saturated carbocycles. The molecule has 0 spiro atoms. The lowest BCUT2D eigenvalue weighted by atomic mass is 10.2. The minimum Gasteiger partial charge on any atom is -0.383 e. The molecular formula is C17H34N4O10P2. The molecule has 2 heterocycles. The van der Waals surface area contributed by atoms with Crippen LogP contribution < -0.4 is 17.6 Å². The Bertz CT molecular complexity index is 912. The van der Waals surface area contributed by atoms with Crippen LogP contribution in [0.3, 0.4) is 0 Å². The molecule has 192 valence electrons. The van der Waals surface area contributed by atoms with Gasteiger partial charge in [-0.25, -0.2) is 13.9 Å². The Hall–Kier alpha value is -1.18. The summed E-state index contributed by atoms with van der Waals surface area (Å²) >= 11 is 0. The average Bonchev–Trinajstić information content (AvgIpc) is 3.05. The second-order valence-electron chi connectivity index (χ2n) is 8.16. The molecule has 2 rings (SSSR count). The predicted molar refractivity (Wildman–Crippen MR) is 119 cm³/mol. The maximum Gasteiger partial charge on any atom is 0.472 e. The summed E-state index contributed by atoms with van der Waals surface area (Å²) in [6.07, 6.45) is -1.84. The summed E-state index contributed by atoms with van der Waals surface area (Å²) in [5, 5.41) is 0. The number of nitrogens with two attached hydrogens (primary N) is 1. The Morgan fingerprint density at radius 3 is 2.27 bits per heavy atom. The summed E-state index contributed by atoms with van der Waals surface area (Å²) in [5.74, 6) is -0.0171. The fraction of sp³-hybridized carbons (Fsp3) is 0.765. The quantitative estimate of drug-likeness (QED) is 0.293. The van der Waals surface area contributed by atoms with Crippen LogP contribution >= 0.6 is 15.6 Å². The zero-order chi connectivity index (χ0) is 24.1. The van der Waals surface area contributed by atoms with Gasteiger partial charge in [-0.15, -0.1) is 0 Å². The topological polar surface area (TPSA) is 217 Å². The smallest absolute Gasteiger partial charge is 0.383 e. The van der Waals surface area contributed by atoms with E-state index in [0.29, 0.717) is 0 Å². The minimum atomic E-state index is -4.48. The standard InChI is InChI=1S/C17H31N3O10P2.H3N/c1-11(2)8-26-31(22,23)28-10-14-13(30-32(24,25)27-9-12(3)4)7-16(29-14)20-6-5-15(18)19-17(20)21;/h5-6,11-14,16H,7-10H2,1-4H3,(H,22,23)(H,24,25)(H2,18,19,21);1H3/t13-,14+,16+;/m0./s1. The molecule has 1 aromatic heterocycles. The van der Waals surface area contributed by atoms with E-state index in [4.69, 9.17) is 28.6 Å². The molecule has 14 nitrogen and oxygen atoms in total. The van der Waals surface area contributed by atoms with E-state index >= 15 is 0 Å². The van der Waals surface area contributed by atoms with Gasteiger partial charge in [0, 0.05) is 12.6 Å². The zero-order valence-corrected chi connectivity index (χ0v) is 20.9. The number of anilines is 1. The molecule has 2 unspecified atom stereocenters. The van der Waals surface area contributed by atoms with Gasteiger partial charge in [0.1, 0.15) is 24.3 Å². The Labute approximate surface area is 192 Å². The third-order valence-corrected chi connectivity index (χ3v) is 6.12. The molecule has 7 N–H and O–H groups in total. The van der Waals surface area contributed by atoms with Crippen molar-refractivity contribution in [2.24, 2.45) is 11.8 Å². The fourth-order valence-corrected chi connectivity index (χ4v) is 4.68. The van der Waals surface area contributed by atoms with Gasteiger partial charge in [-0.2, -0.15) is 4.98 Å². The molecule has 1 aliphatic rings. The molecule has 33 heavy (non-hydrogen) atoms. The minimum absolute atomic E-state index is 0. The summed E-state index contributed by atoms with van der Waals surface area (Å²) < 4.78 is 51.4. The SMILES string of the molecule is CC(C)COP(=O)(O)OC[C@H]1O[C@@H](n2ccc(N)nc2=O)C[C@@H]1OP(=O)(O)OCC(C)C.N. The normalized spacial score (nSPS) is 24.4. The van der Waals surface area contributed by atoms with Gasteiger partial charge in [0.2, 0.25) is 0 Å². The highest BCUT2D eigenvalue weighted by molar-refractivity contribution is 7.47. The van der Waals surface area contributed by atoms with Crippen LogP contribution in [0.4, 0.5) is 5.82 Å². The maximum absolute atomic E-state index is 12.3. The maximum atomic E-state index is 12.3. The summed E-state index contributed by atoms with van der Waals surface area (Å²) in [6.45, 7) is 6.63. The number of ether oxygens (including phenoxy) is 1. The van der Waals surface area contributed by atoms with Crippen LogP contribution in [0.25, 0.3) is 0 Å². The Morgan fingerprint density at radius 2 is 1.73 bits per heavy atom. The van der Waals surface area contributed by atoms with Crippen molar-refractivity contribution < 1.29 is 41.7 Å². The molecule has 0 bridgehead atoms. The van der Waals surface area contributed by atoms with Crippen molar-refractivity contribution in [3.8, 4) is 0 Å². The van der Waals surface area contributed by atoms with Gasteiger partial charge in [0.25, 0.3) is 0 Å². The summed E-state index contributed by atoms with van der Waals surface area (Å²) in [5.41, 5.74) is 4.80. The van der Waals surface area contributed by atoms with Gasteiger partial charge < -0.3 is 26.4 Å². The van der Waals surface area contributed by atoms with Crippen LogP contribution in [0.2, 0.25) is 0 Å². The van der Waals surface area contributed by atoms with Gasteiger partial charge >= 0.3 is 21.3 Å². The third-order valence-electron chi connectivity index (χ3n) is 4.15. The first-order chi connectivity index (χ1) is 14.8. The molecule has 1 fully saturated rings. The number of phosphoric ester groups is 2. The van der Waals surface area contributed by atoms with Crippen molar-refractivity contribution in [1.82, 2.24) is 15.7 Å². The van der Waals surface area contributed by atoms with Crippen molar-refractivity contribution in [2.45, 2.75) is 52.6 Å². The van der Waals surface area contributed by atoms with Crippen molar-refractivity contribution >= 4 is 21.5 Å². The number of aromatic nitrogens is 2. The van der Waals surface area contributed by atoms with Crippen LogP contribution in [0, 0.1) is 11.8 Å². The van der Waals surface area contributed by atoms with Gasteiger partial charge in [0.05, 0.1) is 19.8 Å². The monoisotopic (exact) mass is 516 g/mol. The van der Waals surface area contributed by atoms with E-state index < -0.39 is 46.4 Å². The average molecular weight is 516 g/mol. The van der Waals surface area contributed by atoms with Gasteiger partial charge in [0.15, 0.2) is 0 Å². The fourth-order valence-electron chi connectivity index (χ4n) is 2.67. The molecular weight excluding hydrogens is 482 g/mol. The molecule has 0 aromatic carbocycles. The lowest BCUT2D eigenvalue weighted by molar-refractivity contribution is -0.0473. The molecule has 16 heteroatoms. The number of hydrogen-bond donors (Lipinski definition) is 4. The first-order valence-electron chi connectivity index (χ1n) is 10.1. The number of nitrogen functional groups attached to an aromatic ring is 1. The summed E-state index contributed by atoms with van der Waals surface area (Å²) in [4.78, 5) is 35.7.